The van der Waals surface area contributed by atoms with E-state index >= 15 is 0 Å². The predicted octanol–water partition coefficient (Wildman–Crippen LogP) is 3.18. The molecule has 5 rings (SSSR count). The molecule has 0 spiro atoms. The fourth-order valence-electron chi connectivity index (χ4n) is 3.93. The van der Waals surface area contributed by atoms with Gasteiger partial charge in [0.25, 0.3) is 5.91 Å². The van der Waals surface area contributed by atoms with Crippen LogP contribution in [0.5, 0.6) is 0 Å². The van der Waals surface area contributed by atoms with Crippen molar-refractivity contribution in [3.8, 4) is 0 Å². The number of hydrogen-bond donors (Lipinski definition) is 0. The molecule has 2 aliphatic rings. The van der Waals surface area contributed by atoms with Gasteiger partial charge in [0.05, 0.1) is 5.52 Å². The van der Waals surface area contributed by atoms with Crippen molar-refractivity contribution >= 4 is 16.8 Å². The Kier molecular flexibility index (Phi) is 3.69. The van der Waals surface area contributed by atoms with E-state index in [1.165, 1.54) is 12.8 Å². The third-order valence-electron chi connectivity index (χ3n) is 5.47. The van der Waals surface area contributed by atoms with Gasteiger partial charge < -0.3 is 9.47 Å². The predicted molar refractivity (Wildman–Crippen MR) is 97.9 cm³/mol. The first kappa shape index (κ1) is 15.5. The minimum absolute atomic E-state index is 0.0831. The second-order valence-electron chi connectivity index (χ2n) is 7.33. The molecule has 1 aromatic carbocycles. The summed E-state index contributed by atoms with van der Waals surface area (Å²) in [5, 5.41) is 9.55. The Hall–Kier alpha value is -2.76. The van der Waals surface area contributed by atoms with Crippen LogP contribution in [0.3, 0.4) is 0 Å². The smallest absolute Gasteiger partial charge is 0.253 e. The van der Waals surface area contributed by atoms with Gasteiger partial charge in [0.1, 0.15) is 12.2 Å². The van der Waals surface area contributed by atoms with Crippen molar-refractivity contribution in [2.24, 2.45) is 0 Å². The molecular formula is C20H21N5O. The van der Waals surface area contributed by atoms with Gasteiger partial charge in [-0.1, -0.05) is 12.1 Å². The number of carbonyl (C=O) groups excluding carboxylic acids is 1. The number of pyridine rings is 1. The summed E-state index contributed by atoms with van der Waals surface area (Å²) in [7, 11) is 0. The zero-order chi connectivity index (χ0) is 17.5. The summed E-state index contributed by atoms with van der Waals surface area (Å²) in [5.41, 5.74) is 1.57. The Bertz CT molecular complexity index is 961. The number of rotatable bonds is 3. The molecule has 1 aliphatic heterocycles. The van der Waals surface area contributed by atoms with Crippen molar-refractivity contribution in [2.45, 2.75) is 37.6 Å². The van der Waals surface area contributed by atoms with Gasteiger partial charge in [-0.05, 0) is 43.9 Å². The van der Waals surface area contributed by atoms with Crippen molar-refractivity contribution < 1.29 is 4.79 Å². The van der Waals surface area contributed by atoms with Crippen LogP contribution < -0.4 is 0 Å². The summed E-state index contributed by atoms with van der Waals surface area (Å²) >= 11 is 0. The molecule has 26 heavy (non-hydrogen) atoms. The first-order valence-electron chi connectivity index (χ1n) is 9.33. The van der Waals surface area contributed by atoms with Crippen molar-refractivity contribution in [1.29, 1.82) is 0 Å². The van der Waals surface area contributed by atoms with E-state index in [2.05, 4.69) is 19.7 Å². The molecule has 0 N–H and O–H groups in total. The molecule has 3 aromatic rings. The van der Waals surface area contributed by atoms with Gasteiger partial charge in [0.2, 0.25) is 0 Å². The molecule has 1 saturated carbocycles. The summed E-state index contributed by atoms with van der Waals surface area (Å²) in [6.07, 6.45) is 8.10. The van der Waals surface area contributed by atoms with E-state index in [9.17, 15) is 4.79 Å². The van der Waals surface area contributed by atoms with E-state index in [4.69, 9.17) is 0 Å². The molecule has 6 nitrogen and oxygen atoms in total. The average Bonchev–Trinajstić information content (AvgIpc) is 3.43. The summed E-state index contributed by atoms with van der Waals surface area (Å²) in [4.78, 5) is 19.4. The van der Waals surface area contributed by atoms with Crippen molar-refractivity contribution in [2.75, 3.05) is 13.1 Å². The van der Waals surface area contributed by atoms with Gasteiger partial charge in [-0.15, -0.1) is 10.2 Å². The van der Waals surface area contributed by atoms with Crippen LogP contribution in [0.15, 0.2) is 42.9 Å². The molecule has 1 saturated heterocycles. The van der Waals surface area contributed by atoms with Crippen LogP contribution in [-0.4, -0.2) is 43.6 Å². The lowest BCUT2D eigenvalue weighted by Gasteiger charge is -2.32. The van der Waals surface area contributed by atoms with Crippen molar-refractivity contribution in [1.82, 2.24) is 24.6 Å². The molecule has 0 bridgehead atoms. The van der Waals surface area contributed by atoms with Crippen LogP contribution in [0, 0.1) is 0 Å². The summed E-state index contributed by atoms with van der Waals surface area (Å²) in [6, 6.07) is 10.3. The maximum Gasteiger partial charge on any atom is 0.253 e. The van der Waals surface area contributed by atoms with E-state index in [1.54, 1.807) is 6.20 Å². The number of carbonyl (C=O) groups is 1. The van der Waals surface area contributed by atoms with Crippen LogP contribution in [-0.2, 0) is 0 Å². The standard InChI is InChI=1S/C20H21N5O/c26-20(15-6-5-14-3-1-9-21-18(14)11-15)24-10-2-4-16(12-24)19-23-22-13-25(19)17-7-8-17/h1,3,5-6,9,11,13,16-17H,2,4,7-8,10,12H2. The highest BCUT2D eigenvalue weighted by Crippen LogP contribution is 2.38. The van der Waals surface area contributed by atoms with Crippen LogP contribution in [0.1, 0.15) is 53.8 Å². The Morgan fingerprint density at radius 3 is 2.96 bits per heavy atom. The summed E-state index contributed by atoms with van der Waals surface area (Å²) in [5.74, 6) is 1.40. The molecule has 132 valence electrons. The van der Waals surface area contributed by atoms with Crippen LogP contribution in [0.25, 0.3) is 10.9 Å². The van der Waals surface area contributed by atoms with Gasteiger partial charge >= 0.3 is 0 Å². The topological polar surface area (TPSA) is 63.9 Å². The lowest BCUT2D eigenvalue weighted by atomic mass is 9.96. The Morgan fingerprint density at radius 2 is 2.08 bits per heavy atom. The molecular weight excluding hydrogens is 326 g/mol. The number of aromatic nitrogens is 4. The number of hydrogen-bond acceptors (Lipinski definition) is 4. The highest BCUT2D eigenvalue weighted by Gasteiger charge is 2.32. The van der Waals surface area contributed by atoms with Crippen LogP contribution >= 0.6 is 0 Å². The highest BCUT2D eigenvalue weighted by atomic mass is 16.2. The number of piperidine rings is 1. The Labute approximate surface area is 151 Å². The lowest BCUT2D eigenvalue weighted by Crippen LogP contribution is -2.39. The van der Waals surface area contributed by atoms with E-state index in [1.807, 2.05) is 41.6 Å². The van der Waals surface area contributed by atoms with Crippen LogP contribution in [0.4, 0.5) is 0 Å². The van der Waals surface area contributed by atoms with Gasteiger partial charge in [-0.2, -0.15) is 0 Å². The molecule has 1 aliphatic carbocycles. The Balaban J connectivity index is 1.38. The van der Waals surface area contributed by atoms with Gasteiger partial charge in [-0.3, -0.25) is 9.78 Å². The minimum atomic E-state index is 0.0831. The zero-order valence-corrected chi connectivity index (χ0v) is 14.6. The maximum atomic E-state index is 13.0. The van der Waals surface area contributed by atoms with E-state index < -0.39 is 0 Å². The first-order valence-corrected chi connectivity index (χ1v) is 9.33. The molecule has 0 radical (unpaired) electrons. The number of likely N-dealkylation sites (tertiary alicyclic amines) is 1. The normalized spacial score (nSPS) is 20.5. The maximum absolute atomic E-state index is 13.0. The van der Waals surface area contributed by atoms with Gasteiger partial charge in [0.15, 0.2) is 0 Å². The third kappa shape index (κ3) is 2.75. The molecule has 1 amide bonds. The molecule has 6 heteroatoms. The quantitative estimate of drug-likeness (QED) is 0.730. The van der Waals surface area contributed by atoms with Gasteiger partial charge in [0, 0.05) is 42.2 Å². The third-order valence-corrected chi connectivity index (χ3v) is 5.47. The molecule has 3 heterocycles. The summed E-state index contributed by atoms with van der Waals surface area (Å²) < 4.78 is 2.22. The monoisotopic (exact) mass is 347 g/mol. The fraction of sp³-hybridized carbons (Fsp3) is 0.400. The summed E-state index contributed by atoms with van der Waals surface area (Å²) in [6.45, 7) is 1.51. The molecule has 2 aromatic heterocycles. The van der Waals surface area contributed by atoms with E-state index in [0.717, 1.165) is 36.1 Å². The molecule has 1 unspecified atom stereocenters. The van der Waals surface area contributed by atoms with Crippen molar-refractivity contribution in [3.63, 3.8) is 0 Å². The van der Waals surface area contributed by atoms with E-state index in [-0.39, 0.29) is 11.8 Å². The average molecular weight is 347 g/mol. The van der Waals surface area contributed by atoms with E-state index in [0.29, 0.717) is 18.2 Å². The SMILES string of the molecule is O=C(c1ccc2cccnc2c1)N1CCCC(c2nncn2C2CC2)C1. The highest BCUT2D eigenvalue weighted by molar-refractivity contribution is 5.97. The second kappa shape index (κ2) is 6.20. The molecule has 2 fully saturated rings. The fourth-order valence-corrected chi connectivity index (χ4v) is 3.93. The number of fused-ring (bicyclic) bond motifs is 1. The van der Waals surface area contributed by atoms with Crippen molar-refractivity contribution in [3.05, 3.63) is 54.2 Å². The minimum Gasteiger partial charge on any atom is -0.338 e. The van der Waals surface area contributed by atoms with Crippen LogP contribution in [0.2, 0.25) is 0 Å². The first-order chi connectivity index (χ1) is 12.8. The zero-order valence-electron chi connectivity index (χ0n) is 14.6. The lowest BCUT2D eigenvalue weighted by molar-refractivity contribution is 0.0703. The van der Waals surface area contributed by atoms with Gasteiger partial charge in [-0.25, -0.2) is 0 Å². The number of benzene rings is 1. The largest absolute Gasteiger partial charge is 0.338 e. The number of nitrogens with zero attached hydrogens (tertiary/aromatic N) is 5. The molecule has 1 atom stereocenters. The number of amides is 1. The second-order valence-corrected chi connectivity index (χ2v) is 7.33. The Morgan fingerprint density at radius 1 is 1.15 bits per heavy atom.